The third-order valence-electron chi connectivity index (χ3n) is 8.32. The second-order valence-electron chi connectivity index (χ2n) is 11.1. The minimum absolute atomic E-state index is 0.0997. The maximum Gasteiger partial charge on any atom is 0.264 e. The van der Waals surface area contributed by atoms with Crippen LogP contribution in [0, 0.1) is 17.1 Å². The molecule has 226 valence electrons. The fraction of sp³-hybridized carbons (Fsp3) is 0.344. The summed E-state index contributed by atoms with van der Waals surface area (Å²) < 4.78 is 28.4. The Balaban J connectivity index is 1.27. The molecular weight excluding hydrogens is 563 g/mol. The van der Waals surface area contributed by atoms with Crippen molar-refractivity contribution < 1.29 is 18.7 Å². The molecule has 1 unspecified atom stereocenters. The summed E-state index contributed by atoms with van der Waals surface area (Å²) in [4.78, 5) is 25.9. The van der Waals surface area contributed by atoms with Gasteiger partial charge in [-0.15, -0.1) is 0 Å². The number of hydrogen-bond donors (Lipinski definition) is 1. The van der Waals surface area contributed by atoms with Gasteiger partial charge in [-0.2, -0.15) is 10.4 Å². The van der Waals surface area contributed by atoms with Gasteiger partial charge < -0.3 is 20.1 Å². The Hall–Kier alpha value is -4.86. The Kier molecular flexibility index (Phi) is 8.23. The van der Waals surface area contributed by atoms with E-state index in [0.29, 0.717) is 67.4 Å². The zero-order chi connectivity index (χ0) is 30.8. The summed E-state index contributed by atoms with van der Waals surface area (Å²) in [5.41, 5.74) is 7.37. The van der Waals surface area contributed by atoms with Gasteiger partial charge in [0.1, 0.15) is 46.8 Å². The van der Waals surface area contributed by atoms with Gasteiger partial charge in [-0.25, -0.2) is 19.0 Å². The van der Waals surface area contributed by atoms with E-state index in [9.17, 15) is 10.1 Å². The summed E-state index contributed by atoms with van der Waals surface area (Å²) in [5, 5.41) is 15.1. The first-order chi connectivity index (χ1) is 21.3. The number of hydrogen-bond acceptors (Lipinski definition) is 9. The van der Waals surface area contributed by atoms with Gasteiger partial charge in [-0.05, 0) is 57.2 Å². The average molecular weight is 597 g/mol. The number of para-hydroxylation sites is 1. The van der Waals surface area contributed by atoms with Crippen LogP contribution in [0.1, 0.15) is 25.8 Å². The van der Waals surface area contributed by atoms with Crippen LogP contribution < -0.4 is 10.5 Å². The normalized spacial score (nSPS) is 18.2. The lowest BCUT2D eigenvalue weighted by molar-refractivity contribution is -0.128. The lowest BCUT2D eigenvalue weighted by Gasteiger charge is -2.37. The van der Waals surface area contributed by atoms with Gasteiger partial charge in [0, 0.05) is 30.8 Å². The number of nitrogens with two attached hydrogens (primary N) is 1. The fourth-order valence-electron chi connectivity index (χ4n) is 5.63. The molecule has 2 fully saturated rings. The van der Waals surface area contributed by atoms with E-state index in [1.54, 1.807) is 39.9 Å². The molecule has 2 atom stereocenters. The molecule has 44 heavy (non-hydrogen) atoms. The highest BCUT2D eigenvalue weighted by atomic mass is 19.1. The van der Waals surface area contributed by atoms with Gasteiger partial charge in [0.15, 0.2) is 5.65 Å². The number of likely N-dealkylation sites (tertiary alicyclic amines) is 1. The average Bonchev–Trinajstić information content (AvgIpc) is 3.40. The number of rotatable bonds is 8. The van der Waals surface area contributed by atoms with E-state index in [4.69, 9.17) is 20.3 Å². The summed E-state index contributed by atoms with van der Waals surface area (Å²) in [5.74, 6) is 0.244. The van der Waals surface area contributed by atoms with Crippen LogP contribution in [-0.2, 0) is 9.53 Å². The van der Waals surface area contributed by atoms with Crippen molar-refractivity contribution in [1.29, 1.82) is 5.26 Å². The molecule has 4 heterocycles. The first kappa shape index (κ1) is 29.2. The molecule has 12 heteroatoms. The second kappa shape index (κ2) is 12.4. The van der Waals surface area contributed by atoms with Gasteiger partial charge in [-0.3, -0.25) is 9.69 Å². The van der Waals surface area contributed by atoms with Crippen molar-refractivity contribution in [2.24, 2.45) is 0 Å². The molecule has 6 rings (SSSR count). The molecule has 2 N–H and O–H groups in total. The number of nitrogen functional groups attached to an aromatic ring is 1. The van der Waals surface area contributed by atoms with Crippen LogP contribution in [0.3, 0.4) is 0 Å². The number of nitrogens with zero attached hydrogens (tertiary/aromatic N) is 7. The molecule has 2 aromatic carbocycles. The summed E-state index contributed by atoms with van der Waals surface area (Å²) in [6.45, 7) is 4.06. The van der Waals surface area contributed by atoms with E-state index >= 15 is 4.39 Å². The highest BCUT2D eigenvalue weighted by Crippen LogP contribution is 2.36. The van der Waals surface area contributed by atoms with Crippen LogP contribution in [0.2, 0.25) is 0 Å². The molecule has 2 aliphatic heterocycles. The first-order valence-electron chi connectivity index (χ1n) is 14.6. The Bertz CT molecular complexity index is 1750. The molecule has 2 saturated heterocycles. The maximum absolute atomic E-state index is 15.6. The number of carbonyl (C=O) groups excluding carboxylic acids is 1. The number of piperidine rings is 1. The van der Waals surface area contributed by atoms with Gasteiger partial charge >= 0.3 is 0 Å². The molecule has 0 saturated carbocycles. The molecule has 0 bridgehead atoms. The fourth-order valence-corrected chi connectivity index (χ4v) is 5.63. The number of fused-ring (bicyclic) bond motifs is 1. The lowest BCUT2D eigenvalue weighted by atomic mass is 10.0. The smallest absolute Gasteiger partial charge is 0.264 e. The Morgan fingerprint density at radius 1 is 1.23 bits per heavy atom. The molecule has 11 nitrogen and oxygen atoms in total. The molecule has 2 aromatic heterocycles. The molecule has 1 amide bonds. The summed E-state index contributed by atoms with van der Waals surface area (Å²) >= 11 is 0. The van der Waals surface area contributed by atoms with Gasteiger partial charge in [0.2, 0.25) is 0 Å². The van der Waals surface area contributed by atoms with E-state index in [1.165, 1.54) is 12.4 Å². The monoisotopic (exact) mass is 596 g/mol. The van der Waals surface area contributed by atoms with Crippen molar-refractivity contribution in [3.63, 3.8) is 0 Å². The predicted octanol–water partition coefficient (Wildman–Crippen LogP) is 4.34. The summed E-state index contributed by atoms with van der Waals surface area (Å²) in [7, 11) is 1.96. The van der Waals surface area contributed by atoms with Crippen LogP contribution in [0.25, 0.3) is 22.3 Å². The number of nitriles is 1. The quantitative estimate of drug-likeness (QED) is 0.233. The summed E-state index contributed by atoms with van der Waals surface area (Å²) in [6, 6.07) is 15.7. The van der Waals surface area contributed by atoms with Crippen LogP contribution in [0.4, 0.5) is 10.2 Å². The number of aromatic nitrogens is 4. The van der Waals surface area contributed by atoms with E-state index in [2.05, 4.69) is 20.9 Å². The van der Waals surface area contributed by atoms with Crippen LogP contribution in [-0.4, -0.2) is 80.9 Å². The molecule has 0 aliphatic carbocycles. The topological polar surface area (TPSA) is 135 Å². The molecular formula is C32H33FN8O3. The van der Waals surface area contributed by atoms with Crippen molar-refractivity contribution in [3.8, 4) is 28.8 Å². The van der Waals surface area contributed by atoms with E-state index in [1.807, 2.05) is 32.2 Å². The Morgan fingerprint density at radius 3 is 2.73 bits per heavy atom. The molecule has 2 aliphatic rings. The van der Waals surface area contributed by atoms with E-state index in [0.717, 1.165) is 0 Å². The zero-order valence-electron chi connectivity index (χ0n) is 24.6. The maximum atomic E-state index is 15.6. The number of benzene rings is 2. The number of amides is 1. The highest BCUT2D eigenvalue weighted by molar-refractivity contribution is 5.99. The Morgan fingerprint density at radius 2 is 2.02 bits per heavy atom. The van der Waals surface area contributed by atoms with Crippen molar-refractivity contribution in [2.45, 2.75) is 37.9 Å². The minimum atomic E-state index is -0.537. The number of ether oxygens (including phenoxy) is 2. The first-order valence-corrected chi connectivity index (χ1v) is 14.6. The van der Waals surface area contributed by atoms with Crippen molar-refractivity contribution in [3.05, 3.63) is 72.3 Å². The van der Waals surface area contributed by atoms with E-state index < -0.39 is 5.82 Å². The van der Waals surface area contributed by atoms with Crippen molar-refractivity contribution in [1.82, 2.24) is 29.5 Å². The van der Waals surface area contributed by atoms with Crippen LogP contribution in [0.5, 0.6) is 11.5 Å². The van der Waals surface area contributed by atoms with Gasteiger partial charge in [0.25, 0.3) is 5.91 Å². The SMILES string of the molecule is CC(/C=C(/C#N)C(=O)N1CCC[C@H](n2nc(-c3ccc(Oc4ccccc4)cc3F)c3c(N)ncnc32)C1)N(C)C1COC1. The lowest BCUT2D eigenvalue weighted by Crippen LogP contribution is -2.50. The van der Waals surface area contributed by atoms with Gasteiger partial charge in [0.05, 0.1) is 30.7 Å². The third kappa shape index (κ3) is 5.71. The van der Waals surface area contributed by atoms with Crippen molar-refractivity contribution >= 4 is 22.8 Å². The van der Waals surface area contributed by atoms with Crippen LogP contribution >= 0.6 is 0 Å². The zero-order valence-corrected chi connectivity index (χ0v) is 24.6. The van der Waals surface area contributed by atoms with E-state index in [-0.39, 0.29) is 41.0 Å². The van der Waals surface area contributed by atoms with Crippen molar-refractivity contribution in [2.75, 3.05) is 39.1 Å². The molecule has 0 spiro atoms. The predicted molar refractivity (Wildman–Crippen MR) is 162 cm³/mol. The molecule has 0 radical (unpaired) electrons. The standard InChI is InChI=1S/C32H33FN8O3/c1-20(39(2)23-17-43-18-23)13-21(15-34)32(42)40-12-6-7-22(16-40)41-31-28(30(35)36-19-37-31)29(38-41)26-11-10-25(14-27(26)33)44-24-8-4-3-5-9-24/h3-5,8-11,13-14,19-20,22-23H,6-7,12,16-18H2,1-2H3,(H2,35,36,37)/b21-13-/t20?,22-/m0/s1. The second-order valence-corrected chi connectivity index (χ2v) is 11.1. The highest BCUT2D eigenvalue weighted by Gasteiger charge is 2.32. The number of halogens is 1. The largest absolute Gasteiger partial charge is 0.457 e. The van der Waals surface area contributed by atoms with Gasteiger partial charge in [-0.1, -0.05) is 18.2 Å². The number of anilines is 1. The molecule has 4 aromatic rings. The number of carbonyl (C=O) groups is 1. The third-order valence-corrected chi connectivity index (χ3v) is 8.32. The van der Waals surface area contributed by atoms with Crippen LogP contribution in [0.15, 0.2) is 66.5 Å². The minimum Gasteiger partial charge on any atom is -0.457 e. The summed E-state index contributed by atoms with van der Waals surface area (Å²) in [6.07, 6.45) is 4.47. The Labute approximate surface area is 254 Å². The number of likely N-dealkylation sites (N-methyl/N-ethyl adjacent to an activating group) is 1.